The molecule has 3 aromatic rings. The number of nitrogens with one attached hydrogen (secondary N) is 1. The van der Waals surface area contributed by atoms with Gasteiger partial charge in [0.1, 0.15) is 6.54 Å². The van der Waals surface area contributed by atoms with Crippen LogP contribution in [-0.2, 0) is 14.8 Å². The summed E-state index contributed by atoms with van der Waals surface area (Å²) < 4.78 is 27.1. The Bertz CT molecular complexity index is 1120. The van der Waals surface area contributed by atoms with E-state index < -0.39 is 10.0 Å². The number of rotatable bonds is 6. The molecule has 2 aromatic carbocycles. The Morgan fingerprint density at radius 2 is 1.89 bits per heavy atom. The van der Waals surface area contributed by atoms with Gasteiger partial charge in [0.25, 0.3) is 10.0 Å². The number of hydrogen-bond acceptors (Lipinski definition) is 5. The van der Waals surface area contributed by atoms with Gasteiger partial charge in [-0.2, -0.15) is 0 Å². The quantitative estimate of drug-likeness (QED) is 0.672. The molecular weight excluding hydrogens is 394 g/mol. The predicted octanol–water partition coefficient (Wildman–Crippen LogP) is 2.83. The van der Waals surface area contributed by atoms with Crippen LogP contribution in [0.5, 0.6) is 0 Å². The average Bonchev–Trinajstić information content (AvgIpc) is 3.25. The van der Waals surface area contributed by atoms with Crippen molar-refractivity contribution in [2.75, 3.05) is 31.5 Å². The number of anilines is 1. The number of sulfonamides is 1. The van der Waals surface area contributed by atoms with E-state index in [0.717, 1.165) is 10.3 Å². The first-order chi connectivity index (χ1) is 13.4. The van der Waals surface area contributed by atoms with Crippen LogP contribution in [0.3, 0.4) is 0 Å². The molecule has 0 bridgehead atoms. The Labute approximate surface area is 168 Å². The summed E-state index contributed by atoms with van der Waals surface area (Å²) in [6, 6.07) is 14.7. The Kier molecular flexibility index (Phi) is 4.86. The zero-order chi connectivity index (χ0) is 19.9. The first-order valence-electron chi connectivity index (χ1n) is 8.90. The lowest BCUT2D eigenvalue weighted by atomic mass is 10.1. The lowest BCUT2D eigenvalue weighted by Crippen LogP contribution is -2.41. The van der Waals surface area contributed by atoms with Crippen LogP contribution in [0, 0.1) is 0 Å². The van der Waals surface area contributed by atoms with Crippen LogP contribution in [0.1, 0.15) is 10.9 Å². The highest BCUT2D eigenvalue weighted by Gasteiger charge is 2.36. The molecule has 0 aliphatic carbocycles. The molecule has 0 saturated carbocycles. The third-order valence-corrected chi connectivity index (χ3v) is 7.73. The Morgan fingerprint density at radius 3 is 2.57 bits per heavy atom. The molecule has 1 atom stereocenters. The van der Waals surface area contributed by atoms with Crippen molar-refractivity contribution >= 4 is 43.7 Å². The van der Waals surface area contributed by atoms with Crippen molar-refractivity contribution in [3.8, 4) is 0 Å². The van der Waals surface area contributed by atoms with Crippen LogP contribution in [0.2, 0.25) is 0 Å². The minimum Gasteiger partial charge on any atom is -0.353 e. The van der Waals surface area contributed by atoms with Crippen LogP contribution in [0.25, 0.3) is 10.8 Å². The molecular formula is C20H21N3O3S2. The molecule has 1 aliphatic heterocycles. The fourth-order valence-corrected chi connectivity index (χ4v) is 6.13. The fraction of sp³-hybridized carbons (Fsp3) is 0.250. The molecule has 0 fully saturated rings. The van der Waals surface area contributed by atoms with E-state index >= 15 is 0 Å². The van der Waals surface area contributed by atoms with Gasteiger partial charge in [-0.1, -0.05) is 30.3 Å². The number of benzene rings is 2. The van der Waals surface area contributed by atoms with Gasteiger partial charge in [0.2, 0.25) is 5.91 Å². The van der Waals surface area contributed by atoms with E-state index in [-0.39, 0.29) is 23.4 Å². The van der Waals surface area contributed by atoms with Gasteiger partial charge in [0.05, 0.1) is 16.6 Å². The number of carbonyl (C=O) groups is 1. The van der Waals surface area contributed by atoms with Crippen molar-refractivity contribution in [1.29, 1.82) is 0 Å². The third kappa shape index (κ3) is 3.17. The van der Waals surface area contributed by atoms with E-state index in [1.807, 2.05) is 54.7 Å². The standard InChI is InChI=1S/C20H21N3O3S2/c1-22(2)16(17-9-5-11-27-17)12-21-19(24)13-23-15-8-3-6-14-7-4-10-18(20(14)15)28(23,25)26/h3-11,16H,12-13H2,1-2H3,(H,21,24). The van der Waals surface area contributed by atoms with E-state index in [1.54, 1.807) is 29.5 Å². The summed E-state index contributed by atoms with van der Waals surface area (Å²) in [5.41, 5.74) is 0.561. The molecule has 0 saturated heterocycles. The molecule has 2 heterocycles. The molecule has 1 unspecified atom stereocenters. The molecule has 6 nitrogen and oxygen atoms in total. The van der Waals surface area contributed by atoms with E-state index in [0.29, 0.717) is 17.6 Å². The lowest BCUT2D eigenvalue weighted by Gasteiger charge is -2.24. The van der Waals surface area contributed by atoms with Crippen LogP contribution in [0.15, 0.2) is 58.8 Å². The van der Waals surface area contributed by atoms with Gasteiger partial charge in [-0.25, -0.2) is 8.42 Å². The summed E-state index contributed by atoms with van der Waals surface area (Å²) in [5.74, 6) is -0.322. The average molecular weight is 416 g/mol. The maximum absolute atomic E-state index is 13.0. The highest BCUT2D eigenvalue weighted by atomic mass is 32.2. The van der Waals surface area contributed by atoms with Crippen LogP contribution in [0.4, 0.5) is 5.69 Å². The predicted molar refractivity (Wildman–Crippen MR) is 112 cm³/mol. The summed E-state index contributed by atoms with van der Waals surface area (Å²) in [7, 11) is 0.187. The second-order valence-electron chi connectivity index (χ2n) is 6.94. The van der Waals surface area contributed by atoms with Gasteiger partial charge in [0.15, 0.2) is 0 Å². The molecule has 1 aliphatic rings. The molecule has 0 radical (unpaired) electrons. The Morgan fingerprint density at radius 1 is 1.14 bits per heavy atom. The van der Waals surface area contributed by atoms with Gasteiger partial charge in [-0.3, -0.25) is 9.10 Å². The minimum atomic E-state index is -3.73. The zero-order valence-electron chi connectivity index (χ0n) is 15.6. The van der Waals surface area contributed by atoms with Crippen molar-refractivity contribution in [3.05, 3.63) is 58.8 Å². The first-order valence-corrected chi connectivity index (χ1v) is 11.2. The van der Waals surface area contributed by atoms with Gasteiger partial charge >= 0.3 is 0 Å². The largest absolute Gasteiger partial charge is 0.353 e. The monoisotopic (exact) mass is 415 g/mol. The van der Waals surface area contributed by atoms with Crippen LogP contribution >= 0.6 is 11.3 Å². The molecule has 8 heteroatoms. The topological polar surface area (TPSA) is 69.7 Å². The van der Waals surface area contributed by atoms with Gasteiger partial charge in [-0.05, 0) is 43.1 Å². The van der Waals surface area contributed by atoms with Crippen LogP contribution in [-0.4, -0.2) is 46.4 Å². The van der Waals surface area contributed by atoms with Crippen LogP contribution < -0.4 is 9.62 Å². The molecule has 1 aromatic heterocycles. The Hall–Kier alpha value is -2.42. The SMILES string of the molecule is CN(C)C(CNC(=O)CN1c2cccc3cccc(c23)S1(=O)=O)c1cccs1. The highest BCUT2D eigenvalue weighted by molar-refractivity contribution is 7.93. The number of hydrogen-bond donors (Lipinski definition) is 1. The second-order valence-corrected chi connectivity index (χ2v) is 9.75. The third-order valence-electron chi connectivity index (χ3n) is 4.96. The van der Waals surface area contributed by atoms with Crippen molar-refractivity contribution in [3.63, 3.8) is 0 Å². The second kappa shape index (κ2) is 7.20. The number of carbonyl (C=O) groups excluding carboxylic acids is 1. The normalized spacial score (nSPS) is 15.9. The summed E-state index contributed by atoms with van der Waals surface area (Å²) in [4.78, 5) is 16.1. The van der Waals surface area contributed by atoms with E-state index in [4.69, 9.17) is 0 Å². The summed E-state index contributed by atoms with van der Waals surface area (Å²) >= 11 is 1.63. The molecule has 1 amide bonds. The van der Waals surface area contributed by atoms with E-state index in [9.17, 15) is 13.2 Å². The highest BCUT2D eigenvalue weighted by Crippen LogP contribution is 2.41. The first kappa shape index (κ1) is 18.9. The lowest BCUT2D eigenvalue weighted by molar-refractivity contribution is -0.119. The maximum Gasteiger partial charge on any atom is 0.265 e. The molecule has 28 heavy (non-hydrogen) atoms. The van der Waals surface area contributed by atoms with Gasteiger partial charge < -0.3 is 10.2 Å². The summed E-state index contributed by atoms with van der Waals surface area (Å²) in [6.45, 7) is 0.179. The smallest absolute Gasteiger partial charge is 0.265 e. The van der Waals surface area contributed by atoms with E-state index in [1.165, 1.54) is 4.31 Å². The minimum absolute atomic E-state index is 0.0414. The summed E-state index contributed by atoms with van der Waals surface area (Å²) in [5, 5.41) is 6.43. The van der Waals surface area contributed by atoms with Gasteiger partial charge in [-0.15, -0.1) is 11.3 Å². The maximum atomic E-state index is 13.0. The molecule has 146 valence electrons. The van der Waals surface area contributed by atoms with Gasteiger partial charge in [0, 0.05) is 16.8 Å². The van der Waals surface area contributed by atoms with E-state index in [2.05, 4.69) is 5.32 Å². The number of likely N-dealkylation sites (N-methyl/N-ethyl adjacent to an activating group) is 1. The summed E-state index contributed by atoms with van der Waals surface area (Å²) in [6.07, 6.45) is 0. The van der Waals surface area contributed by atoms with Crippen molar-refractivity contribution in [1.82, 2.24) is 10.2 Å². The number of amides is 1. The van der Waals surface area contributed by atoms with Crippen molar-refractivity contribution in [2.45, 2.75) is 10.9 Å². The Balaban J connectivity index is 1.53. The zero-order valence-corrected chi connectivity index (χ0v) is 17.3. The molecule has 0 spiro atoms. The molecule has 4 rings (SSSR count). The fourth-order valence-electron chi connectivity index (χ4n) is 3.54. The number of thiophene rings is 1. The van der Waals surface area contributed by atoms with Crippen molar-refractivity contribution < 1.29 is 13.2 Å². The van der Waals surface area contributed by atoms with Crippen molar-refractivity contribution in [2.24, 2.45) is 0 Å². The molecule has 1 N–H and O–H groups in total. The number of nitrogens with zero attached hydrogens (tertiary/aromatic N) is 2.